The maximum atomic E-state index is 13.0. The second-order valence-electron chi connectivity index (χ2n) is 5.00. The van der Waals surface area contributed by atoms with Gasteiger partial charge in [0.05, 0.1) is 5.02 Å². The average molecular weight is 308 g/mol. The first-order chi connectivity index (χ1) is 10.1. The molecule has 2 aromatic rings. The molecule has 0 saturated carbocycles. The molecular formula is C17H19ClFNO. The van der Waals surface area contributed by atoms with E-state index in [1.165, 1.54) is 12.1 Å². The molecule has 4 heteroatoms. The van der Waals surface area contributed by atoms with Crippen LogP contribution in [0.2, 0.25) is 5.02 Å². The fraction of sp³-hybridized carbons (Fsp3) is 0.294. The Balaban J connectivity index is 2.09. The van der Waals surface area contributed by atoms with E-state index in [9.17, 15) is 4.39 Å². The molecule has 0 aliphatic carbocycles. The zero-order valence-corrected chi connectivity index (χ0v) is 12.7. The van der Waals surface area contributed by atoms with E-state index in [0.717, 1.165) is 29.7 Å². The Morgan fingerprint density at radius 1 is 1.19 bits per heavy atom. The second kappa shape index (κ2) is 7.43. The van der Waals surface area contributed by atoms with E-state index >= 15 is 0 Å². The van der Waals surface area contributed by atoms with Gasteiger partial charge in [0.1, 0.15) is 18.2 Å². The standard InChI is InChI=1S/C17H19ClFNO/c1-2-15(20)9-12-5-3-4-6-17(12)21-11-13-7-8-14(19)10-16(13)18/h3-8,10,15H,2,9,11,20H2,1H3. The Kier molecular flexibility index (Phi) is 5.59. The van der Waals surface area contributed by atoms with Crippen LogP contribution in [0.4, 0.5) is 4.39 Å². The predicted octanol–water partition coefficient (Wildman–Crippen LogP) is 4.34. The average Bonchev–Trinajstić information content (AvgIpc) is 2.47. The fourth-order valence-electron chi connectivity index (χ4n) is 2.03. The molecule has 1 atom stereocenters. The van der Waals surface area contributed by atoms with E-state index < -0.39 is 0 Å². The molecule has 2 N–H and O–H groups in total. The molecule has 0 fully saturated rings. The highest BCUT2D eigenvalue weighted by molar-refractivity contribution is 6.31. The highest BCUT2D eigenvalue weighted by atomic mass is 35.5. The first-order valence-corrected chi connectivity index (χ1v) is 7.38. The van der Waals surface area contributed by atoms with Crippen LogP contribution in [-0.2, 0) is 13.0 Å². The molecule has 0 radical (unpaired) electrons. The molecule has 0 spiro atoms. The minimum absolute atomic E-state index is 0.115. The van der Waals surface area contributed by atoms with Gasteiger partial charge in [-0.1, -0.05) is 42.8 Å². The monoisotopic (exact) mass is 307 g/mol. The van der Waals surface area contributed by atoms with E-state index in [0.29, 0.717) is 11.6 Å². The highest BCUT2D eigenvalue weighted by Gasteiger charge is 2.09. The fourth-order valence-corrected chi connectivity index (χ4v) is 2.26. The molecule has 0 amide bonds. The van der Waals surface area contributed by atoms with Gasteiger partial charge >= 0.3 is 0 Å². The molecule has 0 saturated heterocycles. The van der Waals surface area contributed by atoms with Crippen LogP contribution in [0.5, 0.6) is 5.75 Å². The van der Waals surface area contributed by atoms with E-state index in [4.69, 9.17) is 22.1 Å². The van der Waals surface area contributed by atoms with Gasteiger partial charge in [0.25, 0.3) is 0 Å². The van der Waals surface area contributed by atoms with Gasteiger partial charge in [0, 0.05) is 11.6 Å². The number of nitrogens with two attached hydrogens (primary N) is 1. The first-order valence-electron chi connectivity index (χ1n) is 7.00. The van der Waals surface area contributed by atoms with E-state index in [1.807, 2.05) is 24.3 Å². The lowest BCUT2D eigenvalue weighted by Crippen LogP contribution is -2.21. The van der Waals surface area contributed by atoms with Gasteiger partial charge < -0.3 is 10.5 Å². The largest absolute Gasteiger partial charge is 0.489 e. The number of ether oxygens (including phenoxy) is 1. The van der Waals surface area contributed by atoms with E-state index in [1.54, 1.807) is 6.07 Å². The summed E-state index contributed by atoms with van der Waals surface area (Å²) in [5.74, 6) is 0.444. The SMILES string of the molecule is CCC(N)Cc1ccccc1OCc1ccc(F)cc1Cl. The maximum absolute atomic E-state index is 13.0. The third-order valence-corrected chi connectivity index (χ3v) is 3.73. The number of halogens is 2. The van der Waals surface area contributed by atoms with Crippen LogP contribution in [0.25, 0.3) is 0 Å². The summed E-state index contributed by atoms with van der Waals surface area (Å²) >= 11 is 6.00. The molecule has 0 aliphatic rings. The summed E-state index contributed by atoms with van der Waals surface area (Å²) in [6, 6.07) is 12.2. The van der Waals surface area contributed by atoms with Crippen molar-refractivity contribution in [1.29, 1.82) is 0 Å². The zero-order chi connectivity index (χ0) is 15.2. The molecule has 2 aromatic carbocycles. The number of hydrogen-bond donors (Lipinski definition) is 1. The van der Waals surface area contributed by atoms with Crippen molar-refractivity contribution >= 4 is 11.6 Å². The summed E-state index contributed by atoms with van der Waals surface area (Å²) in [6.45, 7) is 2.36. The molecule has 0 aromatic heterocycles. The van der Waals surface area contributed by atoms with Crippen LogP contribution >= 0.6 is 11.6 Å². The van der Waals surface area contributed by atoms with Crippen molar-refractivity contribution in [3.63, 3.8) is 0 Å². The van der Waals surface area contributed by atoms with Crippen molar-refractivity contribution in [1.82, 2.24) is 0 Å². The Labute approximate surface area is 129 Å². The van der Waals surface area contributed by atoms with Crippen LogP contribution in [0.15, 0.2) is 42.5 Å². The predicted molar refractivity (Wildman–Crippen MR) is 84.2 cm³/mol. The quantitative estimate of drug-likeness (QED) is 0.861. The summed E-state index contributed by atoms with van der Waals surface area (Å²) in [5.41, 5.74) is 7.83. The molecule has 2 rings (SSSR count). The third kappa shape index (κ3) is 4.45. The van der Waals surface area contributed by atoms with Gasteiger partial charge in [-0.2, -0.15) is 0 Å². The molecule has 0 bridgehead atoms. The summed E-state index contributed by atoms with van der Waals surface area (Å²) in [7, 11) is 0. The van der Waals surface area contributed by atoms with E-state index in [-0.39, 0.29) is 11.9 Å². The summed E-state index contributed by atoms with van der Waals surface area (Å²) in [6.07, 6.45) is 1.68. The topological polar surface area (TPSA) is 35.2 Å². The van der Waals surface area contributed by atoms with Crippen LogP contribution in [-0.4, -0.2) is 6.04 Å². The Hall–Kier alpha value is -1.58. The molecule has 21 heavy (non-hydrogen) atoms. The number of rotatable bonds is 6. The van der Waals surface area contributed by atoms with Gasteiger partial charge in [-0.15, -0.1) is 0 Å². The Bertz CT molecular complexity index is 603. The molecule has 0 heterocycles. The van der Waals surface area contributed by atoms with Crippen LogP contribution < -0.4 is 10.5 Å². The minimum Gasteiger partial charge on any atom is -0.489 e. The summed E-state index contributed by atoms with van der Waals surface area (Å²) in [4.78, 5) is 0. The molecule has 0 aliphatic heterocycles. The zero-order valence-electron chi connectivity index (χ0n) is 12.0. The smallest absolute Gasteiger partial charge is 0.124 e. The lowest BCUT2D eigenvalue weighted by molar-refractivity contribution is 0.302. The van der Waals surface area contributed by atoms with Gasteiger partial charge in [0.2, 0.25) is 0 Å². The molecule has 2 nitrogen and oxygen atoms in total. The van der Waals surface area contributed by atoms with Crippen molar-refractivity contribution < 1.29 is 9.13 Å². The van der Waals surface area contributed by atoms with Gasteiger partial charge in [0.15, 0.2) is 0 Å². The lowest BCUT2D eigenvalue weighted by atomic mass is 10.0. The maximum Gasteiger partial charge on any atom is 0.124 e. The van der Waals surface area contributed by atoms with Crippen molar-refractivity contribution in [2.75, 3.05) is 0 Å². The summed E-state index contributed by atoms with van der Waals surface area (Å²) < 4.78 is 18.8. The third-order valence-electron chi connectivity index (χ3n) is 3.38. The Morgan fingerprint density at radius 3 is 2.67 bits per heavy atom. The van der Waals surface area contributed by atoms with Crippen LogP contribution in [0, 0.1) is 5.82 Å². The van der Waals surface area contributed by atoms with Crippen molar-refractivity contribution in [2.24, 2.45) is 5.73 Å². The lowest BCUT2D eigenvalue weighted by Gasteiger charge is -2.14. The normalized spacial score (nSPS) is 12.2. The van der Waals surface area contributed by atoms with Crippen molar-refractivity contribution in [2.45, 2.75) is 32.4 Å². The first kappa shape index (κ1) is 15.8. The van der Waals surface area contributed by atoms with Gasteiger partial charge in [-0.25, -0.2) is 4.39 Å². The van der Waals surface area contributed by atoms with Crippen LogP contribution in [0.3, 0.4) is 0 Å². The minimum atomic E-state index is -0.349. The number of hydrogen-bond acceptors (Lipinski definition) is 2. The Morgan fingerprint density at radius 2 is 1.95 bits per heavy atom. The number of para-hydroxylation sites is 1. The highest BCUT2D eigenvalue weighted by Crippen LogP contribution is 2.23. The second-order valence-corrected chi connectivity index (χ2v) is 5.41. The van der Waals surface area contributed by atoms with Gasteiger partial charge in [-0.3, -0.25) is 0 Å². The van der Waals surface area contributed by atoms with Crippen molar-refractivity contribution in [3.05, 3.63) is 64.4 Å². The molecule has 112 valence electrons. The van der Waals surface area contributed by atoms with Gasteiger partial charge in [-0.05, 0) is 36.6 Å². The molecular weight excluding hydrogens is 289 g/mol. The van der Waals surface area contributed by atoms with E-state index in [2.05, 4.69) is 6.92 Å². The summed E-state index contributed by atoms with van der Waals surface area (Å²) in [5, 5.41) is 0.373. The van der Waals surface area contributed by atoms with Crippen LogP contribution in [0.1, 0.15) is 24.5 Å². The van der Waals surface area contributed by atoms with Crippen molar-refractivity contribution in [3.8, 4) is 5.75 Å². The number of benzene rings is 2. The molecule has 1 unspecified atom stereocenters.